The number of Topliss-reactive ketones (excluding diaryl/α,β-unsaturated/α-hetero) is 1. The number of rotatable bonds is 8. The number of carbonyl (C=O) groups is 2. The quantitative estimate of drug-likeness (QED) is 0.481. The molecular formula is C27H25ClN2O5S. The Morgan fingerprint density at radius 1 is 1.17 bits per heavy atom. The third-order valence-electron chi connectivity index (χ3n) is 5.64. The molecule has 0 saturated carbocycles. The number of aliphatic carboxylic acids is 1. The number of carboxylic acid groups (broad SMARTS) is 1. The van der Waals surface area contributed by atoms with Gasteiger partial charge in [0.25, 0.3) is 5.56 Å². The topological polar surface area (TPSA) is 98.0 Å². The van der Waals surface area contributed by atoms with Crippen molar-refractivity contribution in [1.82, 2.24) is 4.57 Å². The van der Waals surface area contributed by atoms with Gasteiger partial charge in [0.1, 0.15) is 5.75 Å². The van der Waals surface area contributed by atoms with Crippen LogP contribution in [0, 0.1) is 5.92 Å². The van der Waals surface area contributed by atoms with Crippen LogP contribution in [0.5, 0.6) is 5.75 Å². The fourth-order valence-electron chi connectivity index (χ4n) is 4.08. The van der Waals surface area contributed by atoms with E-state index < -0.39 is 18.6 Å². The second-order valence-electron chi connectivity index (χ2n) is 8.91. The lowest BCUT2D eigenvalue weighted by Crippen LogP contribution is -2.39. The zero-order valence-corrected chi connectivity index (χ0v) is 21.6. The number of ether oxygens (including phenoxy) is 1. The number of benzene rings is 2. The number of aromatic nitrogens is 1. The van der Waals surface area contributed by atoms with Crippen molar-refractivity contribution in [3.8, 4) is 5.75 Å². The maximum absolute atomic E-state index is 13.6. The minimum absolute atomic E-state index is 0.0302. The lowest BCUT2D eigenvalue weighted by atomic mass is 9.89. The highest BCUT2D eigenvalue weighted by atomic mass is 35.5. The van der Waals surface area contributed by atoms with E-state index in [4.69, 9.17) is 21.4 Å². The smallest absolute Gasteiger partial charge is 0.341 e. The second kappa shape index (κ2) is 10.6. The normalized spacial score (nSPS) is 15.6. The summed E-state index contributed by atoms with van der Waals surface area (Å²) < 4.78 is 7.23. The first-order valence-corrected chi connectivity index (χ1v) is 12.6. The average molecular weight is 525 g/mol. The molecule has 2 heterocycles. The first-order valence-electron chi connectivity index (χ1n) is 11.4. The molecule has 7 nitrogen and oxygen atoms in total. The number of carbonyl (C=O) groups excluding carboxylic acids is 1. The maximum Gasteiger partial charge on any atom is 0.341 e. The molecule has 2 aromatic carbocycles. The summed E-state index contributed by atoms with van der Waals surface area (Å²) in [6.45, 7) is 5.35. The lowest BCUT2D eigenvalue weighted by molar-refractivity contribution is -0.139. The number of hydrogen-bond donors (Lipinski definition) is 1. The van der Waals surface area contributed by atoms with Crippen LogP contribution < -0.4 is 19.6 Å². The number of ketones is 1. The predicted octanol–water partition coefficient (Wildman–Crippen LogP) is 3.97. The van der Waals surface area contributed by atoms with Crippen LogP contribution in [0.1, 0.15) is 44.4 Å². The van der Waals surface area contributed by atoms with Crippen molar-refractivity contribution in [3.05, 3.63) is 95.6 Å². The number of fused-ring (bicyclic) bond motifs is 1. The zero-order chi connectivity index (χ0) is 26.0. The summed E-state index contributed by atoms with van der Waals surface area (Å²) in [6.07, 6.45) is 2.11. The number of thiazole rings is 1. The number of nitrogens with zero attached hydrogens (tertiary/aromatic N) is 2. The third kappa shape index (κ3) is 5.50. The average Bonchev–Trinajstić information content (AvgIpc) is 3.12. The van der Waals surface area contributed by atoms with E-state index >= 15 is 0 Å². The van der Waals surface area contributed by atoms with Gasteiger partial charge in [-0.05, 0) is 54.3 Å². The molecule has 0 amide bonds. The molecular weight excluding hydrogens is 500 g/mol. The van der Waals surface area contributed by atoms with Gasteiger partial charge in [0.15, 0.2) is 17.2 Å². The molecule has 186 valence electrons. The molecule has 0 radical (unpaired) electrons. The zero-order valence-electron chi connectivity index (χ0n) is 20.0. The summed E-state index contributed by atoms with van der Waals surface area (Å²) in [5.74, 6) is -0.507. The maximum atomic E-state index is 13.6. The molecule has 3 aromatic rings. The van der Waals surface area contributed by atoms with Crippen LogP contribution in [0.3, 0.4) is 0 Å². The van der Waals surface area contributed by atoms with Crippen molar-refractivity contribution < 1.29 is 19.4 Å². The fourth-order valence-corrected chi connectivity index (χ4v) is 5.25. The molecule has 1 aromatic heterocycles. The molecule has 1 aliphatic heterocycles. The van der Waals surface area contributed by atoms with E-state index in [1.165, 1.54) is 11.3 Å². The van der Waals surface area contributed by atoms with E-state index in [-0.39, 0.29) is 17.3 Å². The van der Waals surface area contributed by atoms with Gasteiger partial charge in [-0.3, -0.25) is 14.2 Å². The van der Waals surface area contributed by atoms with Crippen molar-refractivity contribution in [2.24, 2.45) is 10.9 Å². The highest BCUT2D eigenvalue weighted by Crippen LogP contribution is 2.32. The van der Waals surface area contributed by atoms with Crippen LogP contribution in [0.15, 0.2) is 69.6 Å². The second-order valence-corrected chi connectivity index (χ2v) is 10.4. The largest absolute Gasteiger partial charge is 0.482 e. The Kier molecular flexibility index (Phi) is 7.56. The monoisotopic (exact) mass is 524 g/mol. The summed E-state index contributed by atoms with van der Waals surface area (Å²) in [5, 5.41) is 9.33. The van der Waals surface area contributed by atoms with Gasteiger partial charge >= 0.3 is 5.97 Å². The van der Waals surface area contributed by atoms with E-state index in [1.807, 2.05) is 32.9 Å². The molecule has 0 spiro atoms. The Morgan fingerprint density at radius 3 is 2.44 bits per heavy atom. The minimum atomic E-state index is -1.06. The van der Waals surface area contributed by atoms with Crippen molar-refractivity contribution in [1.29, 1.82) is 0 Å². The molecule has 1 aliphatic rings. The van der Waals surface area contributed by atoms with Crippen molar-refractivity contribution in [3.63, 3.8) is 0 Å². The van der Waals surface area contributed by atoms with Crippen molar-refractivity contribution in [2.45, 2.75) is 33.2 Å². The van der Waals surface area contributed by atoms with Crippen LogP contribution in [-0.2, 0) is 9.59 Å². The number of halogens is 1. The van der Waals surface area contributed by atoms with Gasteiger partial charge in [-0.1, -0.05) is 61.1 Å². The number of carboxylic acids is 1. The van der Waals surface area contributed by atoms with Gasteiger partial charge in [-0.25, -0.2) is 9.79 Å². The first kappa shape index (κ1) is 25.6. The van der Waals surface area contributed by atoms with Gasteiger partial charge in [-0.15, -0.1) is 0 Å². The van der Waals surface area contributed by atoms with Crippen LogP contribution in [-0.4, -0.2) is 28.0 Å². The van der Waals surface area contributed by atoms with Gasteiger partial charge in [0, 0.05) is 22.7 Å². The predicted molar refractivity (Wildman–Crippen MR) is 139 cm³/mol. The molecule has 0 bridgehead atoms. The number of allylic oxidation sites excluding steroid dienone is 2. The van der Waals surface area contributed by atoms with Gasteiger partial charge in [-0.2, -0.15) is 0 Å². The third-order valence-corrected chi connectivity index (χ3v) is 6.88. The first-order chi connectivity index (χ1) is 17.1. The highest BCUT2D eigenvalue weighted by molar-refractivity contribution is 7.07. The molecule has 1 unspecified atom stereocenters. The summed E-state index contributed by atoms with van der Waals surface area (Å²) in [6, 6.07) is 13.4. The Bertz CT molecular complexity index is 1520. The van der Waals surface area contributed by atoms with E-state index in [0.29, 0.717) is 37.8 Å². The summed E-state index contributed by atoms with van der Waals surface area (Å²) in [7, 11) is 0. The Balaban J connectivity index is 1.81. The van der Waals surface area contributed by atoms with Crippen LogP contribution in [0.2, 0.25) is 5.02 Å². The minimum Gasteiger partial charge on any atom is -0.482 e. The number of hydrogen-bond acceptors (Lipinski definition) is 6. The van der Waals surface area contributed by atoms with Gasteiger partial charge in [0.2, 0.25) is 0 Å². The van der Waals surface area contributed by atoms with E-state index in [0.717, 1.165) is 11.1 Å². The molecule has 0 saturated heterocycles. The van der Waals surface area contributed by atoms with E-state index in [2.05, 4.69) is 4.99 Å². The Labute approximate surface area is 216 Å². The summed E-state index contributed by atoms with van der Waals surface area (Å²) in [5.41, 5.74) is 2.41. The van der Waals surface area contributed by atoms with Crippen LogP contribution >= 0.6 is 22.9 Å². The SMILES string of the molecule is CC1=C(C(=O)CC(C)C)C(c2ccc(Cl)cc2)n2c(s/c(=C\c3ccc(OCC(=O)O)cc3)c2=O)=N1. The van der Waals surface area contributed by atoms with Gasteiger partial charge < -0.3 is 9.84 Å². The van der Waals surface area contributed by atoms with Crippen molar-refractivity contribution in [2.75, 3.05) is 6.61 Å². The molecule has 0 fully saturated rings. The van der Waals surface area contributed by atoms with Crippen LogP contribution in [0.25, 0.3) is 6.08 Å². The Hall–Kier alpha value is -3.49. The Morgan fingerprint density at radius 2 is 1.83 bits per heavy atom. The molecule has 36 heavy (non-hydrogen) atoms. The fraction of sp³-hybridized carbons (Fsp3) is 0.259. The van der Waals surface area contributed by atoms with Crippen LogP contribution in [0.4, 0.5) is 0 Å². The summed E-state index contributed by atoms with van der Waals surface area (Å²) in [4.78, 5) is 42.8. The standard InChI is InChI=1S/C27H25ClN2O5S/c1-15(2)12-21(31)24-16(3)29-27-30(25(24)18-6-8-19(28)9-7-18)26(34)22(36-27)13-17-4-10-20(11-5-17)35-14-23(32)33/h4-11,13,15,25H,12,14H2,1-3H3,(H,32,33)/b22-13-. The highest BCUT2D eigenvalue weighted by Gasteiger charge is 2.32. The molecule has 1 N–H and O–H groups in total. The molecule has 9 heteroatoms. The van der Waals surface area contributed by atoms with E-state index in [1.54, 1.807) is 47.0 Å². The van der Waals surface area contributed by atoms with E-state index in [9.17, 15) is 14.4 Å². The summed E-state index contributed by atoms with van der Waals surface area (Å²) >= 11 is 7.37. The molecule has 4 rings (SSSR count). The van der Waals surface area contributed by atoms with Crippen molar-refractivity contribution >= 4 is 40.8 Å². The lowest BCUT2D eigenvalue weighted by Gasteiger charge is -2.25. The van der Waals surface area contributed by atoms with Gasteiger partial charge in [0.05, 0.1) is 10.6 Å². The molecule has 0 aliphatic carbocycles. The molecule has 1 atom stereocenters.